The molecule has 10 nitrogen and oxygen atoms in total. The number of carbonyl (C=O) groups excluding carboxylic acids is 3. The van der Waals surface area contributed by atoms with Crippen LogP contribution in [-0.4, -0.2) is 62.3 Å². The average Bonchev–Trinajstić information content (AvgIpc) is 3.37. The Bertz CT molecular complexity index is 1600. The fraction of sp³-hybridized carbons (Fsp3) is 0.233. The number of hydrogen-bond donors (Lipinski definition) is 2. The number of nitrogens with one attached hydrogen (secondary N) is 2. The number of rotatable bonds is 6. The average molecular weight is 544 g/mol. The molecule has 40 heavy (non-hydrogen) atoms. The number of ether oxygens (including phenoxy) is 4. The number of aromatic amines is 1. The predicted octanol–water partition coefficient (Wildman–Crippen LogP) is 4.69. The van der Waals surface area contributed by atoms with E-state index in [1.807, 2.05) is 24.3 Å². The van der Waals surface area contributed by atoms with Gasteiger partial charge in [-0.15, -0.1) is 0 Å². The van der Waals surface area contributed by atoms with Gasteiger partial charge in [0.25, 0.3) is 0 Å². The van der Waals surface area contributed by atoms with Gasteiger partial charge in [0.2, 0.25) is 0 Å². The molecule has 4 aromatic rings. The Labute approximate surface area is 230 Å². The highest BCUT2D eigenvalue weighted by atomic mass is 16.5. The van der Waals surface area contributed by atoms with Gasteiger partial charge in [0.05, 0.1) is 39.7 Å². The number of aromatic nitrogens is 1. The Hall–Kier alpha value is -4.99. The third-order valence-corrected chi connectivity index (χ3v) is 7.14. The summed E-state index contributed by atoms with van der Waals surface area (Å²) < 4.78 is 21.3. The number of hydrogen-bond acceptors (Lipinski definition) is 7. The number of fused-ring (bicyclic) bond motifs is 3. The van der Waals surface area contributed by atoms with Crippen LogP contribution in [-0.2, 0) is 20.7 Å². The lowest BCUT2D eigenvalue weighted by molar-refractivity contribution is -0.146. The van der Waals surface area contributed by atoms with Crippen molar-refractivity contribution in [1.29, 1.82) is 0 Å². The summed E-state index contributed by atoms with van der Waals surface area (Å²) in [6, 6.07) is 17.1. The van der Waals surface area contributed by atoms with Gasteiger partial charge >= 0.3 is 18.0 Å². The van der Waals surface area contributed by atoms with Crippen molar-refractivity contribution < 1.29 is 33.3 Å². The van der Waals surface area contributed by atoms with E-state index in [1.165, 1.54) is 26.2 Å². The minimum atomic E-state index is -0.997. The normalized spacial score (nSPS) is 16.1. The number of benzene rings is 3. The van der Waals surface area contributed by atoms with Crippen LogP contribution in [0.3, 0.4) is 0 Å². The van der Waals surface area contributed by atoms with Crippen LogP contribution in [0.5, 0.6) is 11.5 Å². The summed E-state index contributed by atoms with van der Waals surface area (Å²) in [5, 5.41) is 3.77. The largest absolute Gasteiger partial charge is 0.497 e. The van der Waals surface area contributed by atoms with E-state index in [-0.39, 0.29) is 17.7 Å². The Morgan fingerprint density at radius 3 is 2.38 bits per heavy atom. The summed E-state index contributed by atoms with van der Waals surface area (Å²) in [5.41, 5.74) is 3.48. The monoisotopic (exact) mass is 543 g/mol. The van der Waals surface area contributed by atoms with E-state index in [0.29, 0.717) is 17.1 Å². The molecule has 0 unspecified atom stereocenters. The van der Waals surface area contributed by atoms with Crippen molar-refractivity contribution >= 4 is 34.6 Å². The van der Waals surface area contributed by atoms with E-state index in [4.69, 9.17) is 18.9 Å². The van der Waals surface area contributed by atoms with Crippen molar-refractivity contribution in [3.63, 3.8) is 0 Å². The minimum absolute atomic E-state index is 0.173. The zero-order chi connectivity index (χ0) is 28.4. The molecule has 1 aliphatic rings. The van der Waals surface area contributed by atoms with Gasteiger partial charge in [0.1, 0.15) is 23.6 Å². The fourth-order valence-electron chi connectivity index (χ4n) is 5.29. The van der Waals surface area contributed by atoms with E-state index in [0.717, 1.165) is 22.2 Å². The van der Waals surface area contributed by atoms with Gasteiger partial charge in [-0.3, -0.25) is 4.90 Å². The number of para-hydroxylation sites is 2. The molecule has 2 N–H and O–H groups in total. The second kappa shape index (κ2) is 11.0. The summed E-state index contributed by atoms with van der Waals surface area (Å²) in [7, 11) is 5.64. The maximum absolute atomic E-state index is 14.2. The Kier molecular flexibility index (Phi) is 7.33. The maximum atomic E-state index is 14.2. The Morgan fingerprint density at radius 2 is 1.65 bits per heavy atom. The lowest BCUT2D eigenvalue weighted by Gasteiger charge is -2.41. The van der Waals surface area contributed by atoms with Crippen LogP contribution in [0, 0.1) is 0 Å². The zero-order valence-corrected chi connectivity index (χ0v) is 22.5. The van der Waals surface area contributed by atoms with Gasteiger partial charge < -0.3 is 29.2 Å². The number of H-pyrrole nitrogens is 1. The number of urea groups is 1. The van der Waals surface area contributed by atoms with E-state index in [1.54, 1.807) is 49.6 Å². The third-order valence-electron chi connectivity index (χ3n) is 7.14. The third kappa shape index (κ3) is 4.57. The molecule has 0 bridgehead atoms. The Morgan fingerprint density at radius 1 is 0.900 bits per heavy atom. The number of carbonyl (C=O) groups is 3. The lowest BCUT2D eigenvalue weighted by Crippen LogP contribution is -2.53. The summed E-state index contributed by atoms with van der Waals surface area (Å²) in [6.07, 6.45) is 0.209. The van der Waals surface area contributed by atoms with Crippen molar-refractivity contribution in [2.75, 3.05) is 33.8 Å². The molecule has 1 aromatic heterocycles. The van der Waals surface area contributed by atoms with E-state index >= 15 is 0 Å². The molecule has 0 saturated heterocycles. The van der Waals surface area contributed by atoms with E-state index < -0.39 is 30.1 Å². The molecule has 2 atom stereocenters. The lowest BCUT2D eigenvalue weighted by atomic mass is 9.87. The molecule has 10 heteroatoms. The quantitative estimate of drug-likeness (QED) is 0.339. The molecule has 206 valence electrons. The van der Waals surface area contributed by atoms with Gasteiger partial charge in [-0.05, 0) is 42.0 Å². The van der Waals surface area contributed by atoms with E-state index in [2.05, 4.69) is 10.3 Å². The molecule has 0 aliphatic carbocycles. The molecule has 0 saturated carbocycles. The SMILES string of the molecule is COC(=O)c1ccccc1NC(=O)N1[C@H](c2cc(OC)ccc2OC)c2[nH]c3ccccc3c2C[C@@H]1C(=O)OC. The Balaban J connectivity index is 1.73. The number of nitrogens with zero attached hydrogens (tertiary/aromatic N) is 1. The van der Waals surface area contributed by atoms with Crippen molar-refractivity contribution in [1.82, 2.24) is 9.88 Å². The number of amides is 2. The van der Waals surface area contributed by atoms with E-state index in [9.17, 15) is 14.4 Å². The van der Waals surface area contributed by atoms with Crippen molar-refractivity contribution in [3.8, 4) is 11.5 Å². The van der Waals surface area contributed by atoms with Gasteiger partial charge in [0, 0.05) is 28.6 Å². The highest BCUT2D eigenvalue weighted by molar-refractivity contribution is 6.02. The molecule has 1 aliphatic heterocycles. The second-order valence-corrected chi connectivity index (χ2v) is 9.19. The molecule has 2 heterocycles. The molecule has 0 fully saturated rings. The highest BCUT2D eigenvalue weighted by Crippen LogP contribution is 2.45. The summed E-state index contributed by atoms with van der Waals surface area (Å²) in [6.45, 7) is 0. The maximum Gasteiger partial charge on any atom is 0.339 e. The second-order valence-electron chi connectivity index (χ2n) is 9.19. The first-order chi connectivity index (χ1) is 19.4. The molecular formula is C30H29N3O7. The van der Waals surface area contributed by atoms with Crippen molar-refractivity contribution in [2.45, 2.75) is 18.5 Å². The van der Waals surface area contributed by atoms with Crippen LogP contribution < -0.4 is 14.8 Å². The first-order valence-corrected chi connectivity index (χ1v) is 12.6. The first-order valence-electron chi connectivity index (χ1n) is 12.6. The van der Waals surface area contributed by atoms with Gasteiger partial charge in [0.15, 0.2) is 0 Å². The van der Waals surface area contributed by atoms with Crippen LogP contribution >= 0.6 is 0 Å². The molecule has 2 amide bonds. The predicted molar refractivity (Wildman–Crippen MR) is 148 cm³/mol. The number of methoxy groups -OCH3 is 4. The zero-order valence-electron chi connectivity index (χ0n) is 22.5. The summed E-state index contributed by atoms with van der Waals surface area (Å²) in [5.74, 6) is -0.152. The van der Waals surface area contributed by atoms with Gasteiger partial charge in [-0.25, -0.2) is 14.4 Å². The molecular weight excluding hydrogens is 514 g/mol. The van der Waals surface area contributed by atoms with Crippen LogP contribution in [0.15, 0.2) is 66.7 Å². The summed E-state index contributed by atoms with van der Waals surface area (Å²) in [4.78, 5) is 44.8. The summed E-state index contributed by atoms with van der Waals surface area (Å²) >= 11 is 0. The molecule has 0 spiro atoms. The molecule has 0 radical (unpaired) electrons. The molecule has 5 rings (SSSR count). The smallest absolute Gasteiger partial charge is 0.339 e. The van der Waals surface area contributed by atoms with Crippen LogP contribution in [0.1, 0.15) is 33.2 Å². The van der Waals surface area contributed by atoms with Gasteiger partial charge in [-0.2, -0.15) is 0 Å². The minimum Gasteiger partial charge on any atom is -0.497 e. The topological polar surface area (TPSA) is 119 Å². The number of anilines is 1. The fourth-order valence-corrected chi connectivity index (χ4v) is 5.29. The first kappa shape index (κ1) is 26.6. The standard InChI is InChI=1S/C30H29N3O7/c1-37-17-13-14-25(38-2)21(15-17)27-26-20(18-9-5-7-11-22(18)31-26)16-24(29(35)40-4)33(27)30(36)32-23-12-8-6-10-19(23)28(34)39-3/h5-15,24,27,31H,16H2,1-4H3,(H,32,36)/t24-,27-/m1/s1. The van der Waals surface area contributed by atoms with Crippen LogP contribution in [0.2, 0.25) is 0 Å². The van der Waals surface area contributed by atoms with Crippen molar-refractivity contribution in [3.05, 3.63) is 89.1 Å². The van der Waals surface area contributed by atoms with Crippen molar-refractivity contribution in [2.24, 2.45) is 0 Å². The molecule has 3 aromatic carbocycles. The van der Waals surface area contributed by atoms with Crippen LogP contribution in [0.4, 0.5) is 10.5 Å². The van der Waals surface area contributed by atoms with Crippen LogP contribution in [0.25, 0.3) is 10.9 Å². The number of esters is 2. The highest BCUT2D eigenvalue weighted by Gasteiger charge is 2.45. The van der Waals surface area contributed by atoms with Gasteiger partial charge in [-0.1, -0.05) is 30.3 Å².